The molecule has 2 aliphatic rings. The molecule has 134 valence electrons. The standard InChI is InChI=1S/C22H17NO4/c24-21-17-8-9-19-18(22(17)27-20(21)11-16-7-4-10-25-16)13-23(14-26-19)12-15-5-2-1-3-6-15/h1-11H,12-14H2/b20-11-. The van der Waals surface area contributed by atoms with Crippen LogP contribution in [0.3, 0.4) is 0 Å². The highest BCUT2D eigenvalue weighted by atomic mass is 16.5. The first kappa shape index (κ1) is 15.9. The number of nitrogens with zero attached hydrogens (tertiary/aromatic N) is 1. The fourth-order valence-electron chi connectivity index (χ4n) is 3.45. The van der Waals surface area contributed by atoms with E-state index < -0.39 is 0 Å². The molecule has 27 heavy (non-hydrogen) atoms. The summed E-state index contributed by atoms with van der Waals surface area (Å²) in [7, 11) is 0. The van der Waals surface area contributed by atoms with Gasteiger partial charge in [-0.25, -0.2) is 0 Å². The minimum absolute atomic E-state index is 0.135. The second kappa shape index (κ2) is 6.45. The maximum Gasteiger partial charge on any atom is 0.232 e. The maximum absolute atomic E-state index is 12.7. The van der Waals surface area contributed by atoms with Crippen molar-refractivity contribution in [2.75, 3.05) is 6.73 Å². The Morgan fingerprint density at radius 2 is 1.93 bits per heavy atom. The largest absolute Gasteiger partial charge is 0.478 e. The van der Waals surface area contributed by atoms with Crippen LogP contribution in [0.25, 0.3) is 6.08 Å². The van der Waals surface area contributed by atoms with E-state index in [1.807, 2.05) is 24.3 Å². The van der Waals surface area contributed by atoms with Crippen LogP contribution in [-0.2, 0) is 13.1 Å². The third kappa shape index (κ3) is 2.92. The highest BCUT2D eigenvalue weighted by molar-refractivity contribution is 6.14. The number of ketones is 1. The Morgan fingerprint density at radius 1 is 1.04 bits per heavy atom. The second-order valence-corrected chi connectivity index (χ2v) is 6.62. The highest BCUT2D eigenvalue weighted by Gasteiger charge is 2.33. The van der Waals surface area contributed by atoms with E-state index in [0.29, 0.717) is 30.3 Å². The molecular formula is C22H17NO4. The van der Waals surface area contributed by atoms with Gasteiger partial charge < -0.3 is 13.9 Å². The Kier molecular flexibility index (Phi) is 3.80. The van der Waals surface area contributed by atoms with Crippen molar-refractivity contribution >= 4 is 11.9 Å². The number of furan rings is 1. The first-order chi connectivity index (χ1) is 13.3. The van der Waals surface area contributed by atoms with Crippen molar-refractivity contribution in [2.24, 2.45) is 0 Å². The lowest BCUT2D eigenvalue weighted by molar-refractivity contribution is 0.0873. The van der Waals surface area contributed by atoms with Gasteiger partial charge in [-0.05, 0) is 29.8 Å². The summed E-state index contributed by atoms with van der Waals surface area (Å²) in [5.41, 5.74) is 2.69. The second-order valence-electron chi connectivity index (χ2n) is 6.62. The molecule has 0 atom stereocenters. The Bertz CT molecular complexity index is 1020. The van der Waals surface area contributed by atoms with Gasteiger partial charge in [-0.1, -0.05) is 30.3 Å². The number of Topliss-reactive ketones (excluding diaryl/α,β-unsaturated/α-hetero) is 1. The Morgan fingerprint density at radius 3 is 2.74 bits per heavy atom. The quantitative estimate of drug-likeness (QED) is 0.655. The Labute approximate surface area is 156 Å². The molecule has 0 amide bonds. The third-order valence-corrected chi connectivity index (χ3v) is 4.75. The minimum Gasteiger partial charge on any atom is -0.478 e. The van der Waals surface area contributed by atoms with Crippen LogP contribution in [0.2, 0.25) is 0 Å². The van der Waals surface area contributed by atoms with Crippen molar-refractivity contribution in [3.05, 3.63) is 89.1 Å². The normalized spacial score (nSPS) is 17.3. The SMILES string of the molecule is O=C1/C(=C/c2ccco2)Oc2c1ccc1c2CN(Cc2ccccc2)CO1. The zero-order valence-electron chi connectivity index (χ0n) is 14.6. The summed E-state index contributed by atoms with van der Waals surface area (Å²) in [6.45, 7) is 1.94. The van der Waals surface area contributed by atoms with Gasteiger partial charge in [0.2, 0.25) is 5.78 Å². The molecule has 3 aromatic rings. The van der Waals surface area contributed by atoms with Crippen molar-refractivity contribution in [1.82, 2.24) is 4.90 Å². The molecule has 5 rings (SSSR count). The molecular weight excluding hydrogens is 342 g/mol. The summed E-state index contributed by atoms with van der Waals surface area (Å²) < 4.78 is 17.1. The van der Waals surface area contributed by atoms with Crippen molar-refractivity contribution in [3.63, 3.8) is 0 Å². The van der Waals surface area contributed by atoms with Crippen molar-refractivity contribution < 1.29 is 18.7 Å². The van der Waals surface area contributed by atoms with Crippen molar-refractivity contribution in [2.45, 2.75) is 13.1 Å². The van der Waals surface area contributed by atoms with E-state index in [4.69, 9.17) is 13.9 Å². The number of hydrogen-bond donors (Lipinski definition) is 0. The van der Waals surface area contributed by atoms with Crippen LogP contribution >= 0.6 is 0 Å². The number of carbonyl (C=O) groups excluding carboxylic acids is 1. The van der Waals surface area contributed by atoms with Gasteiger partial charge in [0.1, 0.15) is 24.0 Å². The molecule has 0 unspecified atom stereocenters. The van der Waals surface area contributed by atoms with E-state index >= 15 is 0 Å². The lowest BCUT2D eigenvalue weighted by Gasteiger charge is -2.29. The Balaban J connectivity index is 1.44. The molecule has 0 aliphatic carbocycles. The summed E-state index contributed by atoms with van der Waals surface area (Å²) in [4.78, 5) is 14.9. The number of hydrogen-bond acceptors (Lipinski definition) is 5. The van der Waals surface area contributed by atoms with Crippen LogP contribution in [0.1, 0.15) is 27.2 Å². The minimum atomic E-state index is -0.135. The smallest absolute Gasteiger partial charge is 0.232 e. The number of rotatable bonds is 3. The number of carbonyl (C=O) groups is 1. The van der Waals surface area contributed by atoms with Crippen molar-refractivity contribution in [1.29, 1.82) is 0 Å². The molecule has 0 bridgehead atoms. The van der Waals surface area contributed by atoms with Gasteiger partial charge in [0, 0.05) is 19.2 Å². The molecule has 5 heteroatoms. The van der Waals surface area contributed by atoms with Gasteiger partial charge >= 0.3 is 0 Å². The van der Waals surface area contributed by atoms with Crippen LogP contribution in [0, 0.1) is 0 Å². The third-order valence-electron chi connectivity index (χ3n) is 4.75. The van der Waals surface area contributed by atoms with Gasteiger partial charge in [-0.3, -0.25) is 9.69 Å². The zero-order valence-corrected chi connectivity index (χ0v) is 14.6. The first-order valence-electron chi connectivity index (χ1n) is 8.80. The van der Waals surface area contributed by atoms with Gasteiger partial charge in [-0.15, -0.1) is 0 Å². The van der Waals surface area contributed by atoms with E-state index in [0.717, 1.165) is 17.9 Å². The topological polar surface area (TPSA) is 51.9 Å². The summed E-state index contributed by atoms with van der Waals surface area (Å²) in [5, 5.41) is 0. The number of fused-ring (bicyclic) bond motifs is 3. The lowest BCUT2D eigenvalue weighted by Crippen LogP contribution is -2.31. The van der Waals surface area contributed by atoms with E-state index in [1.54, 1.807) is 30.5 Å². The predicted octanol–water partition coefficient (Wildman–Crippen LogP) is 4.25. The summed E-state index contributed by atoms with van der Waals surface area (Å²) in [6, 6.07) is 17.4. The number of benzene rings is 2. The lowest BCUT2D eigenvalue weighted by atomic mass is 10.0. The van der Waals surface area contributed by atoms with E-state index in [2.05, 4.69) is 17.0 Å². The average Bonchev–Trinajstić information content (AvgIpc) is 3.32. The van der Waals surface area contributed by atoms with Gasteiger partial charge in [0.05, 0.1) is 17.4 Å². The highest BCUT2D eigenvalue weighted by Crippen LogP contribution is 2.42. The summed E-state index contributed by atoms with van der Waals surface area (Å²) in [6.07, 6.45) is 3.19. The van der Waals surface area contributed by atoms with E-state index in [-0.39, 0.29) is 11.5 Å². The fourth-order valence-corrected chi connectivity index (χ4v) is 3.45. The van der Waals surface area contributed by atoms with E-state index in [1.165, 1.54) is 5.56 Å². The maximum atomic E-state index is 12.7. The molecule has 0 radical (unpaired) electrons. The molecule has 5 nitrogen and oxygen atoms in total. The van der Waals surface area contributed by atoms with Crippen LogP contribution < -0.4 is 9.47 Å². The van der Waals surface area contributed by atoms with Gasteiger partial charge in [0.15, 0.2) is 5.76 Å². The van der Waals surface area contributed by atoms with E-state index in [9.17, 15) is 4.79 Å². The van der Waals surface area contributed by atoms with Crippen molar-refractivity contribution in [3.8, 4) is 11.5 Å². The molecule has 0 fully saturated rings. The molecule has 1 aromatic heterocycles. The monoisotopic (exact) mass is 359 g/mol. The van der Waals surface area contributed by atoms with Gasteiger partial charge in [-0.2, -0.15) is 0 Å². The van der Waals surface area contributed by atoms with Crippen LogP contribution in [-0.4, -0.2) is 17.4 Å². The zero-order chi connectivity index (χ0) is 18.2. The van der Waals surface area contributed by atoms with Crippen LogP contribution in [0.15, 0.2) is 71.0 Å². The summed E-state index contributed by atoms with van der Waals surface area (Å²) >= 11 is 0. The number of ether oxygens (including phenoxy) is 2. The van der Waals surface area contributed by atoms with Crippen LogP contribution in [0.4, 0.5) is 0 Å². The molecule has 0 N–H and O–H groups in total. The van der Waals surface area contributed by atoms with Crippen LogP contribution in [0.5, 0.6) is 11.5 Å². The fraction of sp³-hybridized carbons (Fsp3) is 0.136. The molecule has 2 aliphatic heterocycles. The molecule has 2 aromatic carbocycles. The first-order valence-corrected chi connectivity index (χ1v) is 8.80. The molecule has 3 heterocycles. The Hall–Kier alpha value is -3.31. The molecule has 0 saturated carbocycles. The number of allylic oxidation sites excluding steroid dienone is 1. The predicted molar refractivity (Wildman–Crippen MR) is 99.3 cm³/mol. The summed E-state index contributed by atoms with van der Waals surface area (Å²) in [5.74, 6) is 2.08. The molecule has 0 saturated heterocycles. The van der Waals surface area contributed by atoms with Gasteiger partial charge in [0.25, 0.3) is 0 Å². The molecule has 0 spiro atoms. The average molecular weight is 359 g/mol.